The van der Waals surface area contributed by atoms with E-state index in [1.54, 1.807) is 11.5 Å². The van der Waals surface area contributed by atoms with E-state index in [2.05, 4.69) is 4.98 Å². The summed E-state index contributed by atoms with van der Waals surface area (Å²) in [5.41, 5.74) is 2.11. The number of fused-ring (bicyclic) bond motifs is 1. The summed E-state index contributed by atoms with van der Waals surface area (Å²) < 4.78 is 13.2. The monoisotopic (exact) mass is 354 g/mol. The van der Waals surface area contributed by atoms with Crippen LogP contribution in [0.15, 0.2) is 29.8 Å². The van der Waals surface area contributed by atoms with Crippen molar-refractivity contribution in [3.63, 3.8) is 0 Å². The molecule has 0 bridgehead atoms. The maximum absolute atomic E-state index is 11.4. The Morgan fingerprint density at radius 2 is 2.24 bits per heavy atom. The Hall–Kier alpha value is -2.60. The van der Waals surface area contributed by atoms with Crippen LogP contribution < -0.4 is 9.47 Å². The second kappa shape index (κ2) is 6.72. The maximum atomic E-state index is 11.4. The summed E-state index contributed by atoms with van der Waals surface area (Å²) in [6.45, 7) is 0.709. The van der Waals surface area contributed by atoms with E-state index in [1.165, 1.54) is 24.2 Å². The number of nitrogens with zero attached hydrogens (tertiary/aromatic N) is 2. The first-order valence-electron chi connectivity index (χ1n) is 8.18. The van der Waals surface area contributed by atoms with E-state index in [9.17, 15) is 4.79 Å². The summed E-state index contributed by atoms with van der Waals surface area (Å²) in [5.74, 6) is 2.11. The number of carbonyl (C=O) groups is 1. The van der Waals surface area contributed by atoms with Gasteiger partial charge in [-0.25, -0.2) is 4.98 Å². The third-order valence-corrected chi connectivity index (χ3v) is 5.01. The molecule has 0 atom stereocenters. The zero-order valence-corrected chi connectivity index (χ0v) is 14.7. The zero-order valence-electron chi connectivity index (χ0n) is 13.8. The third kappa shape index (κ3) is 3.17. The van der Waals surface area contributed by atoms with Gasteiger partial charge in [-0.05, 0) is 37.0 Å². The Bertz CT molecular complexity index is 937. The van der Waals surface area contributed by atoms with Crippen LogP contribution >= 0.6 is 11.3 Å². The molecular weight excluding hydrogens is 336 g/mol. The highest BCUT2D eigenvalue weighted by Gasteiger charge is 2.23. The Morgan fingerprint density at radius 1 is 1.36 bits per heavy atom. The van der Waals surface area contributed by atoms with E-state index in [0.29, 0.717) is 29.7 Å². The van der Waals surface area contributed by atoms with E-state index in [1.807, 2.05) is 41.9 Å². The zero-order chi connectivity index (χ0) is 17.2. The fourth-order valence-corrected chi connectivity index (χ4v) is 3.42. The van der Waals surface area contributed by atoms with Gasteiger partial charge in [0.2, 0.25) is 0 Å². The van der Waals surface area contributed by atoms with E-state index in [0.717, 1.165) is 22.6 Å². The van der Waals surface area contributed by atoms with Crippen molar-refractivity contribution in [2.24, 2.45) is 5.92 Å². The lowest BCUT2D eigenvalue weighted by molar-refractivity contribution is 0.111. The fraction of sp³-hybridized carbons (Fsp3) is 0.263. The number of hydrogen-bond donors (Lipinski definition) is 0. The lowest BCUT2D eigenvalue weighted by Crippen LogP contribution is -2.02. The number of thiazole rings is 1. The van der Waals surface area contributed by atoms with Crippen molar-refractivity contribution in [3.05, 3.63) is 46.7 Å². The average molecular weight is 354 g/mol. The predicted octanol–water partition coefficient (Wildman–Crippen LogP) is 4.18. The first kappa shape index (κ1) is 15.9. The van der Waals surface area contributed by atoms with Crippen LogP contribution in [0, 0.1) is 5.92 Å². The molecule has 1 fully saturated rings. The van der Waals surface area contributed by atoms with Crippen LogP contribution in [0.1, 0.15) is 34.6 Å². The van der Waals surface area contributed by atoms with Gasteiger partial charge in [-0.2, -0.15) is 0 Å². The highest BCUT2D eigenvalue weighted by Crippen LogP contribution is 2.36. The molecule has 5 nitrogen and oxygen atoms in total. The molecule has 128 valence electrons. The van der Waals surface area contributed by atoms with Crippen LogP contribution in [0.25, 0.3) is 17.1 Å². The minimum absolute atomic E-state index is 0.552. The number of ether oxygens (including phenoxy) is 2. The van der Waals surface area contributed by atoms with Crippen LogP contribution in [0.4, 0.5) is 0 Å². The van der Waals surface area contributed by atoms with E-state index >= 15 is 0 Å². The Morgan fingerprint density at radius 3 is 3.00 bits per heavy atom. The molecule has 2 heterocycles. The molecule has 4 rings (SSSR count). The van der Waals surface area contributed by atoms with Gasteiger partial charge in [0, 0.05) is 17.1 Å². The molecule has 0 unspecified atom stereocenters. The quantitative estimate of drug-likeness (QED) is 0.598. The Balaban J connectivity index is 1.67. The molecule has 0 saturated heterocycles. The number of hydrogen-bond acceptors (Lipinski definition) is 5. The number of methoxy groups -OCH3 is 1. The largest absolute Gasteiger partial charge is 0.493 e. The molecule has 0 spiro atoms. The second-order valence-electron chi connectivity index (χ2n) is 6.02. The van der Waals surface area contributed by atoms with Crippen molar-refractivity contribution in [2.75, 3.05) is 13.7 Å². The van der Waals surface area contributed by atoms with Gasteiger partial charge in [-0.1, -0.05) is 12.1 Å². The molecule has 0 amide bonds. The molecule has 6 heteroatoms. The molecule has 0 aliphatic heterocycles. The second-order valence-corrected chi connectivity index (χ2v) is 6.90. The highest BCUT2D eigenvalue weighted by atomic mass is 32.1. The number of aromatic nitrogens is 2. The van der Waals surface area contributed by atoms with Crippen molar-refractivity contribution in [1.29, 1.82) is 0 Å². The van der Waals surface area contributed by atoms with Crippen LogP contribution in [-0.2, 0) is 0 Å². The van der Waals surface area contributed by atoms with Gasteiger partial charge in [0.25, 0.3) is 0 Å². The molecule has 0 radical (unpaired) electrons. The van der Waals surface area contributed by atoms with Crippen LogP contribution in [0.5, 0.6) is 11.5 Å². The van der Waals surface area contributed by atoms with Gasteiger partial charge in [-0.15, -0.1) is 11.3 Å². The SMILES string of the molecule is COc1cccc(/C=C/c2nc3sccn3c2C=O)c1OCC1CC1. The van der Waals surface area contributed by atoms with Crippen molar-refractivity contribution in [2.45, 2.75) is 12.8 Å². The molecule has 0 N–H and O–H groups in total. The van der Waals surface area contributed by atoms with Gasteiger partial charge in [-0.3, -0.25) is 9.20 Å². The highest BCUT2D eigenvalue weighted by molar-refractivity contribution is 7.15. The number of aldehydes is 1. The lowest BCUT2D eigenvalue weighted by atomic mass is 10.1. The molecule has 3 aromatic rings. The van der Waals surface area contributed by atoms with E-state index in [4.69, 9.17) is 9.47 Å². The number of benzene rings is 1. The molecule has 1 aliphatic carbocycles. The smallest absolute Gasteiger partial charge is 0.194 e. The summed E-state index contributed by atoms with van der Waals surface area (Å²) >= 11 is 1.50. The van der Waals surface area contributed by atoms with Gasteiger partial charge in [0.1, 0.15) is 5.69 Å². The molecule has 25 heavy (non-hydrogen) atoms. The summed E-state index contributed by atoms with van der Waals surface area (Å²) in [6, 6.07) is 5.79. The molecular formula is C19H18N2O3S. The summed E-state index contributed by atoms with van der Waals surface area (Å²) in [6.07, 6.45) is 8.92. The topological polar surface area (TPSA) is 52.8 Å². The number of rotatable bonds is 7. The Labute approximate surface area is 149 Å². The first-order chi connectivity index (χ1) is 12.3. The summed E-state index contributed by atoms with van der Waals surface area (Å²) in [4.78, 5) is 16.7. The predicted molar refractivity (Wildman–Crippen MR) is 98.6 cm³/mol. The standard InChI is InChI=1S/C19H18N2O3S/c1-23-17-4-2-3-14(18(17)24-12-13-5-6-13)7-8-15-16(11-22)21-9-10-25-19(21)20-15/h2-4,7-11,13H,5-6,12H2,1H3/b8-7+. The minimum atomic E-state index is 0.552. The van der Waals surface area contributed by atoms with Gasteiger partial charge >= 0.3 is 0 Å². The number of carbonyl (C=O) groups excluding carboxylic acids is 1. The first-order valence-corrected chi connectivity index (χ1v) is 9.06. The van der Waals surface area contributed by atoms with E-state index in [-0.39, 0.29) is 0 Å². The number of imidazole rings is 1. The van der Waals surface area contributed by atoms with Crippen LogP contribution in [0.2, 0.25) is 0 Å². The summed E-state index contributed by atoms with van der Waals surface area (Å²) in [5, 5.41) is 1.91. The summed E-state index contributed by atoms with van der Waals surface area (Å²) in [7, 11) is 1.64. The fourth-order valence-electron chi connectivity index (χ4n) is 2.69. The van der Waals surface area contributed by atoms with Crippen LogP contribution in [0.3, 0.4) is 0 Å². The van der Waals surface area contributed by atoms with Gasteiger partial charge in [0.05, 0.1) is 19.4 Å². The third-order valence-electron chi connectivity index (χ3n) is 4.25. The van der Waals surface area contributed by atoms with Gasteiger partial charge < -0.3 is 9.47 Å². The van der Waals surface area contributed by atoms with Crippen molar-refractivity contribution < 1.29 is 14.3 Å². The Kier molecular flexibility index (Phi) is 4.28. The molecule has 1 aromatic carbocycles. The maximum Gasteiger partial charge on any atom is 0.194 e. The van der Waals surface area contributed by atoms with Gasteiger partial charge in [0.15, 0.2) is 22.7 Å². The van der Waals surface area contributed by atoms with E-state index < -0.39 is 0 Å². The molecule has 2 aromatic heterocycles. The minimum Gasteiger partial charge on any atom is -0.493 e. The normalized spacial score (nSPS) is 14.3. The van der Waals surface area contributed by atoms with Crippen molar-refractivity contribution in [1.82, 2.24) is 9.38 Å². The van der Waals surface area contributed by atoms with Crippen molar-refractivity contribution in [3.8, 4) is 11.5 Å². The van der Waals surface area contributed by atoms with Crippen molar-refractivity contribution >= 4 is 34.7 Å². The lowest BCUT2D eigenvalue weighted by Gasteiger charge is -2.13. The molecule has 1 aliphatic rings. The van der Waals surface area contributed by atoms with Crippen LogP contribution in [-0.4, -0.2) is 29.4 Å². The molecule has 1 saturated carbocycles. The average Bonchev–Trinajstić information content (AvgIpc) is 3.25. The number of para-hydroxylation sites is 1.